The second kappa shape index (κ2) is 5.35. The molecule has 0 radical (unpaired) electrons. The number of nitrogens with one attached hydrogen (secondary N) is 1. The maximum atomic E-state index is 12.4. The third-order valence-corrected chi connectivity index (χ3v) is 1.32. The Kier molecular flexibility index (Phi) is 5.12. The molecule has 0 aromatic heterocycles. The van der Waals surface area contributed by atoms with Crippen LogP contribution < -0.4 is 5.32 Å². The molecule has 2 atom stereocenters. The molecule has 0 bridgehead atoms. The van der Waals surface area contributed by atoms with Gasteiger partial charge in [0.05, 0.1) is 0 Å². The van der Waals surface area contributed by atoms with Gasteiger partial charge in [-0.15, -0.1) is 0 Å². The van der Waals surface area contributed by atoms with Gasteiger partial charge in [-0.1, -0.05) is 6.92 Å². The standard InChI is InChI=1S/C7H14FNO/c1-3-4-9-6(2)7(8)5-10/h5-7,9H,3-4H2,1-2H3. The molecular formula is C7H14FNO. The van der Waals surface area contributed by atoms with E-state index in [9.17, 15) is 9.18 Å². The SMILES string of the molecule is CCCNC(C)C(F)C=O. The molecule has 0 rings (SSSR count). The molecule has 0 saturated carbocycles. The summed E-state index contributed by atoms with van der Waals surface area (Å²) < 4.78 is 12.4. The summed E-state index contributed by atoms with van der Waals surface area (Å²) in [5.41, 5.74) is 0. The molecule has 60 valence electrons. The maximum absolute atomic E-state index is 12.4. The Morgan fingerprint density at radius 2 is 2.30 bits per heavy atom. The molecule has 2 unspecified atom stereocenters. The zero-order valence-corrected chi connectivity index (χ0v) is 6.43. The maximum Gasteiger partial charge on any atom is 0.170 e. The number of rotatable bonds is 5. The van der Waals surface area contributed by atoms with E-state index in [2.05, 4.69) is 5.32 Å². The summed E-state index contributed by atoms with van der Waals surface area (Å²) >= 11 is 0. The van der Waals surface area contributed by atoms with Crippen LogP contribution in [0.2, 0.25) is 0 Å². The number of carbonyl (C=O) groups is 1. The van der Waals surface area contributed by atoms with Crippen molar-refractivity contribution >= 4 is 6.29 Å². The Morgan fingerprint density at radius 1 is 1.70 bits per heavy atom. The topological polar surface area (TPSA) is 29.1 Å². The molecule has 0 aliphatic rings. The Bertz CT molecular complexity index is 97.6. The van der Waals surface area contributed by atoms with Crippen LogP contribution in [0.5, 0.6) is 0 Å². The van der Waals surface area contributed by atoms with Crippen molar-refractivity contribution in [3.63, 3.8) is 0 Å². The van der Waals surface area contributed by atoms with Crippen molar-refractivity contribution in [2.75, 3.05) is 6.54 Å². The highest BCUT2D eigenvalue weighted by molar-refractivity contribution is 5.56. The van der Waals surface area contributed by atoms with Gasteiger partial charge < -0.3 is 10.1 Å². The van der Waals surface area contributed by atoms with Gasteiger partial charge in [0.25, 0.3) is 0 Å². The van der Waals surface area contributed by atoms with Crippen LogP contribution in [0, 0.1) is 0 Å². The van der Waals surface area contributed by atoms with Crippen LogP contribution in [0.3, 0.4) is 0 Å². The van der Waals surface area contributed by atoms with Crippen molar-refractivity contribution in [1.29, 1.82) is 0 Å². The van der Waals surface area contributed by atoms with Crippen molar-refractivity contribution in [3.05, 3.63) is 0 Å². The lowest BCUT2D eigenvalue weighted by atomic mass is 10.2. The lowest BCUT2D eigenvalue weighted by molar-refractivity contribution is -0.112. The smallest absolute Gasteiger partial charge is 0.170 e. The summed E-state index contributed by atoms with van der Waals surface area (Å²) in [6.07, 6.45) is -0.0879. The summed E-state index contributed by atoms with van der Waals surface area (Å²) in [4.78, 5) is 9.89. The molecule has 3 heteroatoms. The molecule has 0 amide bonds. The van der Waals surface area contributed by atoms with Crippen LogP contribution >= 0.6 is 0 Å². The van der Waals surface area contributed by atoms with Gasteiger partial charge in [-0.25, -0.2) is 4.39 Å². The summed E-state index contributed by atoms with van der Waals surface area (Å²) in [6.45, 7) is 4.41. The van der Waals surface area contributed by atoms with Gasteiger partial charge in [0.15, 0.2) is 12.5 Å². The van der Waals surface area contributed by atoms with Gasteiger partial charge in [-0.05, 0) is 19.9 Å². The first-order chi connectivity index (χ1) is 4.72. The lowest BCUT2D eigenvalue weighted by Crippen LogP contribution is -2.36. The van der Waals surface area contributed by atoms with Gasteiger partial charge in [-0.2, -0.15) is 0 Å². The highest BCUT2D eigenvalue weighted by Crippen LogP contribution is 1.93. The Balaban J connectivity index is 3.40. The quantitative estimate of drug-likeness (QED) is 0.586. The molecule has 2 nitrogen and oxygen atoms in total. The van der Waals surface area contributed by atoms with E-state index in [-0.39, 0.29) is 6.04 Å². The predicted molar refractivity (Wildman–Crippen MR) is 38.7 cm³/mol. The molecular weight excluding hydrogens is 133 g/mol. The first kappa shape index (κ1) is 9.56. The van der Waals surface area contributed by atoms with Gasteiger partial charge in [0, 0.05) is 6.04 Å². The van der Waals surface area contributed by atoms with Crippen LogP contribution in [0.4, 0.5) is 4.39 Å². The monoisotopic (exact) mass is 147 g/mol. The summed E-state index contributed by atoms with van der Waals surface area (Å²) in [5, 5.41) is 2.88. The number of halogens is 1. The normalized spacial score (nSPS) is 16.3. The van der Waals surface area contributed by atoms with E-state index in [1.54, 1.807) is 6.92 Å². The van der Waals surface area contributed by atoms with E-state index in [0.717, 1.165) is 13.0 Å². The molecule has 0 fully saturated rings. The van der Waals surface area contributed by atoms with E-state index in [1.165, 1.54) is 0 Å². The van der Waals surface area contributed by atoms with Crippen molar-refractivity contribution in [2.45, 2.75) is 32.5 Å². The minimum Gasteiger partial charge on any atom is -0.311 e. The summed E-state index contributed by atoms with van der Waals surface area (Å²) in [7, 11) is 0. The summed E-state index contributed by atoms with van der Waals surface area (Å²) in [6, 6.07) is -0.350. The van der Waals surface area contributed by atoms with Gasteiger partial charge in [0.2, 0.25) is 0 Å². The first-order valence-corrected chi connectivity index (χ1v) is 3.55. The second-order valence-corrected chi connectivity index (χ2v) is 2.32. The van der Waals surface area contributed by atoms with Crippen LogP contribution in [0.25, 0.3) is 0 Å². The molecule has 0 saturated heterocycles. The number of hydrogen-bond acceptors (Lipinski definition) is 2. The average Bonchev–Trinajstić information content (AvgIpc) is 1.98. The van der Waals surface area contributed by atoms with E-state index in [1.807, 2.05) is 6.92 Å². The van der Waals surface area contributed by atoms with E-state index in [4.69, 9.17) is 0 Å². The summed E-state index contributed by atoms with van der Waals surface area (Å²) in [5.74, 6) is 0. The minimum atomic E-state index is -1.37. The van der Waals surface area contributed by atoms with Crippen molar-refractivity contribution < 1.29 is 9.18 Å². The van der Waals surface area contributed by atoms with Crippen molar-refractivity contribution in [2.24, 2.45) is 0 Å². The third-order valence-electron chi connectivity index (χ3n) is 1.32. The van der Waals surface area contributed by atoms with Crippen LogP contribution in [0.15, 0.2) is 0 Å². The van der Waals surface area contributed by atoms with Gasteiger partial charge in [0.1, 0.15) is 0 Å². The molecule has 1 N–H and O–H groups in total. The van der Waals surface area contributed by atoms with Gasteiger partial charge >= 0.3 is 0 Å². The number of hydrogen-bond donors (Lipinski definition) is 1. The fraction of sp³-hybridized carbons (Fsp3) is 0.857. The second-order valence-electron chi connectivity index (χ2n) is 2.32. The fourth-order valence-electron chi connectivity index (χ4n) is 0.602. The zero-order chi connectivity index (χ0) is 7.98. The number of alkyl halides is 1. The number of aldehydes is 1. The Hall–Kier alpha value is -0.440. The van der Waals surface area contributed by atoms with E-state index >= 15 is 0 Å². The van der Waals surface area contributed by atoms with E-state index in [0.29, 0.717) is 6.29 Å². The highest BCUT2D eigenvalue weighted by Gasteiger charge is 2.12. The molecule has 10 heavy (non-hydrogen) atoms. The average molecular weight is 147 g/mol. The Labute approximate surface area is 60.8 Å². The number of carbonyl (C=O) groups excluding carboxylic acids is 1. The molecule has 0 heterocycles. The zero-order valence-electron chi connectivity index (χ0n) is 6.43. The minimum absolute atomic E-state index is 0.327. The van der Waals surface area contributed by atoms with Crippen LogP contribution in [0.1, 0.15) is 20.3 Å². The first-order valence-electron chi connectivity index (χ1n) is 3.55. The largest absolute Gasteiger partial charge is 0.311 e. The molecule has 0 spiro atoms. The van der Waals surface area contributed by atoms with Crippen molar-refractivity contribution in [3.8, 4) is 0 Å². The van der Waals surface area contributed by atoms with Crippen LogP contribution in [-0.4, -0.2) is 25.0 Å². The molecule has 0 aromatic carbocycles. The third kappa shape index (κ3) is 3.56. The molecule has 0 aromatic rings. The molecule has 0 aliphatic heterocycles. The Morgan fingerprint density at radius 3 is 2.70 bits per heavy atom. The van der Waals surface area contributed by atoms with Crippen molar-refractivity contribution in [1.82, 2.24) is 5.32 Å². The van der Waals surface area contributed by atoms with E-state index < -0.39 is 6.17 Å². The fourth-order valence-corrected chi connectivity index (χ4v) is 0.602. The lowest BCUT2D eigenvalue weighted by Gasteiger charge is -2.12. The van der Waals surface area contributed by atoms with Gasteiger partial charge in [-0.3, -0.25) is 0 Å². The van der Waals surface area contributed by atoms with Crippen LogP contribution in [-0.2, 0) is 4.79 Å². The molecule has 0 aliphatic carbocycles. The highest BCUT2D eigenvalue weighted by atomic mass is 19.1. The predicted octanol–water partition coefficient (Wildman–Crippen LogP) is 0.911.